The predicted octanol–water partition coefficient (Wildman–Crippen LogP) is 3.23. The number of nitriles is 1. The number of piperidine rings is 1. The van der Waals surface area contributed by atoms with E-state index in [-0.39, 0.29) is 12.1 Å². The largest absolute Gasteiger partial charge is 0.341 e. The van der Waals surface area contributed by atoms with Crippen molar-refractivity contribution in [3.63, 3.8) is 0 Å². The van der Waals surface area contributed by atoms with Crippen molar-refractivity contribution in [3.05, 3.63) is 53.9 Å². The van der Waals surface area contributed by atoms with Crippen molar-refractivity contribution >= 4 is 17.0 Å². The van der Waals surface area contributed by atoms with Gasteiger partial charge in [-0.15, -0.1) is 0 Å². The molecule has 0 amide bonds. The van der Waals surface area contributed by atoms with Gasteiger partial charge in [0.2, 0.25) is 5.95 Å². The number of para-hydroxylation sites is 2. The van der Waals surface area contributed by atoms with E-state index in [9.17, 15) is 0 Å². The van der Waals surface area contributed by atoms with Crippen molar-refractivity contribution < 1.29 is 0 Å². The molecule has 1 aliphatic rings. The van der Waals surface area contributed by atoms with Crippen molar-refractivity contribution in [1.29, 1.82) is 5.26 Å². The van der Waals surface area contributed by atoms with Crippen molar-refractivity contribution in [3.8, 4) is 6.07 Å². The monoisotopic (exact) mass is 360 g/mol. The van der Waals surface area contributed by atoms with E-state index in [1.165, 1.54) is 0 Å². The number of anilines is 1. The summed E-state index contributed by atoms with van der Waals surface area (Å²) >= 11 is 0. The number of rotatable bonds is 4. The fourth-order valence-corrected chi connectivity index (χ4v) is 3.95. The fourth-order valence-electron chi connectivity index (χ4n) is 3.95. The van der Waals surface area contributed by atoms with E-state index in [2.05, 4.69) is 39.6 Å². The molecule has 1 saturated heterocycles. The Balaban J connectivity index is 1.84. The lowest BCUT2D eigenvalue weighted by Gasteiger charge is -2.33. The first-order chi connectivity index (χ1) is 13.2. The molecule has 1 unspecified atom stereocenters. The van der Waals surface area contributed by atoms with Gasteiger partial charge in [0.15, 0.2) is 0 Å². The number of hydrogen-bond acceptors (Lipinski definition) is 5. The van der Waals surface area contributed by atoms with E-state index in [1.54, 1.807) is 6.20 Å². The molecule has 138 valence electrons. The van der Waals surface area contributed by atoms with Gasteiger partial charge < -0.3 is 15.2 Å². The number of hydrogen-bond donors (Lipinski definition) is 1. The number of nitrogens with zero attached hydrogens (tertiary/aromatic N) is 5. The van der Waals surface area contributed by atoms with E-state index in [1.807, 2.05) is 24.3 Å². The third-order valence-electron chi connectivity index (χ3n) is 5.27. The van der Waals surface area contributed by atoms with Crippen LogP contribution in [0.25, 0.3) is 11.0 Å². The van der Waals surface area contributed by atoms with Gasteiger partial charge in [0.1, 0.15) is 6.07 Å². The van der Waals surface area contributed by atoms with Crippen LogP contribution in [0, 0.1) is 11.3 Å². The van der Waals surface area contributed by atoms with Gasteiger partial charge in [0.05, 0.1) is 28.3 Å². The van der Waals surface area contributed by atoms with Crippen LogP contribution in [0.15, 0.2) is 42.6 Å². The zero-order valence-electron chi connectivity index (χ0n) is 15.5. The molecule has 1 fully saturated rings. The van der Waals surface area contributed by atoms with Gasteiger partial charge >= 0.3 is 0 Å². The number of fused-ring (bicyclic) bond motifs is 1. The highest BCUT2D eigenvalue weighted by molar-refractivity contribution is 5.79. The van der Waals surface area contributed by atoms with Gasteiger partial charge in [0, 0.05) is 25.3 Å². The van der Waals surface area contributed by atoms with Crippen LogP contribution in [0.2, 0.25) is 0 Å². The third-order valence-corrected chi connectivity index (χ3v) is 5.27. The Hall–Kier alpha value is -2.91. The second-order valence-electron chi connectivity index (χ2n) is 7.13. The Bertz CT molecular complexity index is 968. The molecule has 3 heterocycles. The minimum absolute atomic E-state index is 0.0540. The summed E-state index contributed by atoms with van der Waals surface area (Å²) in [6.07, 6.45) is 4.67. The zero-order chi connectivity index (χ0) is 18.8. The molecule has 4 rings (SSSR count). The molecular formula is C21H24N6. The molecule has 0 saturated carbocycles. The normalized spacial score (nSPS) is 18.4. The van der Waals surface area contributed by atoms with Crippen LogP contribution in [0.1, 0.15) is 43.5 Å². The van der Waals surface area contributed by atoms with Gasteiger partial charge in [-0.25, -0.2) is 4.98 Å². The minimum Gasteiger partial charge on any atom is -0.341 e. The second-order valence-corrected chi connectivity index (χ2v) is 7.13. The first-order valence-corrected chi connectivity index (χ1v) is 9.54. The lowest BCUT2D eigenvalue weighted by atomic mass is 10.1. The van der Waals surface area contributed by atoms with Crippen molar-refractivity contribution in [2.45, 2.75) is 38.3 Å². The lowest BCUT2D eigenvalue weighted by Crippen LogP contribution is -2.44. The Labute approximate surface area is 159 Å². The molecule has 0 aliphatic carbocycles. The molecular weight excluding hydrogens is 336 g/mol. The highest BCUT2D eigenvalue weighted by Gasteiger charge is 2.26. The van der Waals surface area contributed by atoms with E-state index >= 15 is 0 Å². The number of nitrogens with two attached hydrogens (primary N) is 1. The molecule has 2 aromatic heterocycles. The van der Waals surface area contributed by atoms with Crippen LogP contribution >= 0.6 is 0 Å². The summed E-state index contributed by atoms with van der Waals surface area (Å²) in [7, 11) is 0. The first kappa shape index (κ1) is 17.5. The standard InChI is InChI=1S/C21H24N6/c1-2-19(17-10-9-15(12-22)13-24-17)27-20-8-4-3-7-18(20)25-21(27)26-11-5-6-16(23)14-26/h3-4,7-10,13,16,19H,2,5-6,11,14,23H2,1H3/t16?,19-/m1/s1. The van der Waals surface area contributed by atoms with Gasteiger partial charge in [0.25, 0.3) is 0 Å². The maximum Gasteiger partial charge on any atom is 0.207 e. The summed E-state index contributed by atoms with van der Waals surface area (Å²) in [5.41, 5.74) is 9.85. The molecule has 1 aromatic carbocycles. The quantitative estimate of drug-likeness (QED) is 0.772. The number of aromatic nitrogens is 3. The summed E-state index contributed by atoms with van der Waals surface area (Å²) in [4.78, 5) is 11.8. The molecule has 6 heteroatoms. The number of imidazole rings is 1. The summed E-state index contributed by atoms with van der Waals surface area (Å²) in [5.74, 6) is 0.962. The van der Waals surface area contributed by atoms with Crippen molar-refractivity contribution in [2.24, 2.45) is 5.73 Å². The maximum absolute atomic E-state index is 9.07. The number of pyridine rings is 1. The lowest BCUT2D eigenvalue weighted by molar-refractivity contribution is 0.482. The Morgan fingerprint density at radius 3 is 2.85 bits per heavy atom. The van der Waals surface area contributed by atoms with Crippen molar-refractivity contribution in [1.82, 2.24) is 14.5 Å². The smallest absolute Gasteiger partial charge is 0.207 e. The van der Waals surface area contributed by atoms with Crippen LogP contribution in [-0.2, 0) is 0 Å². The summed E-state index contributed by atoms with van der Waals surface area (Å²) in [6.45, 7) is 3.94. The minimum atomic E-state index is 0.0540. The van der Waals surface area contributed by atoms with Crippen LogP contribution in [0.4, 0.5) is 5.95 Å². The number of benzene rings is 1. The van der Waals surface area contributed by atoms with Crippen LogP contribution in [0.3, 0.4) is 0 Å². The van der Waals surface area contributed by atoms with E-state index in [0.29, 0.717) is 5.56 Å². The Kier molecular flexibility index (Phi) is 4.78. The van der Waals surface area contributed by atoms with E-state index < -0.39 is 0 Å². The topological polar surface area (TPSA) is 83.8 Å². The molecule has 0 bridgehead atoms. The van der Waals surface area contributed by atoms with Crippen LogP contribution < -0.4 is 10.6 Å². The third kappa shape index (κ3) is 3.26. The summed E-state index contributed by atoms with van der Waals surface area (Å²) in [6, 6.07) is 14.4. The molecule has 2 N–H and O–H groups in total. The second kappa shape index (κ2) is 7.37. The average molecular weight is 360 g/mol. The van der Waals surface area contributed by atoms with Gasteiger partial charge in [-0.2, -0.15) is 5.26 Å². The Morgan fingerprint density at radius 2 is 2.15 bits per heavy atom. The van der Waals surface area contributed by atoms with Gasteiger partial charge in [-0.05, 0) is 43.5 Å². The molecule has 27 heavy (non-hydrogen) atoms. The first-order valence-electron chi connectivity index (χ1n) is 9.54. The SMILES string of the molecule is CC[C@H](c1ccc(C#N)cn1)n1c(N2CCCC(N)C2)nc2ccccc21. The zero-order valence-corrected chi connectivity index (χ0v) is 15.5. The highest BCUT2D eigenvalue weighted by atomic mass is 15.3. The van der Waals surface area contributed by atoms with Crippen LogP contribution in [-0.4, -0.2) is 33.7 Å². The molecule has 3 aromatic rings. The van der Waals surface area contributed by atoms with Crippen molar-refractivity contribution in [2.75, 3.05) is 18.0 Å². The maximum atomic E-state index is 9.07. The molecule has 0 radical (unpaired) electrons. The van der Waals surface area contributed by atoms with Crippen LogP contribution in [0.5, 0.6) is 0 Å². The summed E-state index contributed by atoms with van der Waals surface area (Å²) in [5, 5.41) is 9.07. The highest BCUT2D eigenvalue weighted by Crippen LogP contribution is 2.33. The fraction of sp³-hybridized carbons (Fsp3) is 0.381. The molecule has 2 atom stereocenters. The molecule has 6 nitrogen and oxygen atoms in total. The van der Waals surface area contributed by atoms with E-state index in [4.69, 9.17) is 16.0 Å². The van der Waals surface area contributed by atoms with Gasteiger partial charge in [-0.1, -0.05) is 19.1 Å². The average Bonchev–Trinajstić information content (AvgIpc) is 3.09. The van der Waals surface area contributed by atoms with E-state index in [0.717, 1.165) is 55.0 Å². The Morgan fingerprint density at radius 1 is 1.30 bits per heavy atom. The van der Waals surface area contributed by atoms with Gasteiger partial charge in [-0.3, -0.25) is 4.98 Å². The molecule has 0 spiro atoms. The predicted molar refractivity (Wildman–Crippen MR) is 107 cm³/mol. The molecule has 1 aliphatic heterocycles. The summed E-state index contributed by atoms with van der Waals surface area (Å²) < 4.78 is 2.29.